The highest BCUT2D eigenvalue weighted by Crippen LogP contribution is 2.21. The summed E-state index contributed by atoms with van der Waals surface area (Å²) in [7, 11) is 0. The molecule has 3 rings (SSSR count). The van der Waals surface area contributed by atoms with E-state index in [1.54, 1.807) is 0 Å². The molecule has 0 saturated heterocycles. The summed E-state index contributed by atoms with van der Waals surface area (Å²) in [6.45, 7) is 3.99. The van der Waals surface area contributed by atoms with Gasteiger partial charge in [0.15, 0.2) is 5.82 Å². The minimum Gasteiger partial charge on any atom is -0.325 e. The van der Waals surface area contributed by atoms with Crippen molar-refractivity contribution in [1.82, 2.24) is 20.6 Å². The molecule has 0 aliphatic heterocycles. The molecule has 2 N–H and O–H groups in total. The standard InChI is InChI=1S/C18H19N5O/c1-12-7-9-14(10-8-12)11-15(17-20-22-23-21-17)18(24)19-16-6-4-3-5-13(16)2/h3-10,15H,11H2,1-2H3,(H,19,24)(H,20,21,22,23)/t15-/m1/s1. The third-order valence-corrected chi connectivity index (χ3v) is 3.95. The number of H-pyrrole nitrogens is 1. The molecule has 0 saturated carbocycles. The zero-order valence-electron chi connectivity index (χ0n) is 13.7. The highest BCUT2D eigenvalue weighted by atomic mass is 16.1. The quantitative estimate of drug-likeness (QED) is 0.757. The van der Waals surface area contributed by atoms with Crippen LogP contribution in [-0.4, -0.2) is 26.5 Å². The van der Waals surface area contributed by atoms with Crippen LogP contribution in [0.15, 0.2) is 48.5 Å². The topological polar surface area (TPSA) is 83.6 Å². The number of rotatable bonds is 5. The number of hydrogen-bond donors (Lipinski definition) is 2. The van der Waals surface area contributed by atoms with Crippen molar-refractivity contribution in [3.05, 3.63) is 71.0 Å². The maximum absolute atomic E-state index is 12.8. The smallest absolute Gasteiger partial charge is 0.235 e. The van der Waals surface area contributed by atoms with Crippen LogP contribution in [0.2, 0.25) is 0 Å². The van der Waals surface area contributed by atoms with E-state index in [0.29, 0.717) is 12.2 Å². The molecule has 0 aliphatic rings. The third kappa shape index (κ3) is 3.65. The van der Waals surface area contributed by atoms with E-state index >= 15 is 0 Å². The molecule has 0 aliphatic carbocycles. The van der Waals surface area contributed by atoms with E-state index in [0.717, 1.165) is 16.8 Å². The predicted octanol–water partition coefficient (Wildman–Crippen LogP) is 2.78. The maximum Gasteiger partial charge on any atom is 0.235 e. The van der Waals surface area contributed by atoms with Crippen LogP contribution in [0, 0.1) is 13.8 Å². The molecule has 1 heterocycles. The molecule has 1 atom stereocenters. The van der Waals surface area contributed by atoms with E-state index in [9.17, 15) is 4.79 Å². The summed E-state index contributed by atoms with van der Waals surface area (Å²) in [6, 6.07) is 15.8. The molecule has 2 aromatic carbocycles. The van der Waals surface area contributed by atoms with Crippen molar-refractivity contribution in [2.24, 2.45) is 0 Å². The second-order valence-electron chi connectivity index (χ2n) is 5.82. The first kappa shape index (κ1) is 15.9. The molecule has 0 bridgehead atoms. The van der Waals surface area contributed by atoms with E-state index in [1.165, 1.54) is 5.56 Å². The summed E-state index contributed by atoms with van der Waals surface area (Å²) in [4.78, 5) is 12.8. The van der Waals surface area contributed by atoms with Gasteiger partial charge in [0.05, 0.1) is 0 Å². The molecule has 3 aromatic rings. The van der Waals surface area contributed by atoms with Crippen molar-refractivity contribution in [2.45, 2.75) is 26.2 Å². The summed E-state index contributed by atoms with van der Waals surface area (Å²) in [5.74, 6) is -0.265. The molecule has 24 heavy (non-hydrogen) atoms. The van der Waals surface area contributed by atoms with E-state index < -0.39 is 5.92 Å². The molecule has 1 amide bonds. The van der Waals surface area contributed by atoms with Crippen molar-refractivity contribution in [3.8, 4) is 0 Å². The van der Waals surface area contributed by atoms with Gasteiger partial charge in [-0.25, -0.2) is 0 Å². The SMILES string of the molecule is Cc1ccc(C[C@@H](C(=O)Nc2ccccc2C)c2nn[nH]n2)cc1. The third-order valence-electron chi connectivity index (χ3n) is 3.95. The summed E-state index contributed by atoms with van der Waals surface area (Å²) < 4.78 is 0. The van der Waals surface area contributed by atoms with Crippen LogP contribution >= 0.6 is 0 Å². The molecule has 0 unspecified atom stereocenters. The number of benzene rings is 2. The minimum atomic E-state index is -0.508. The van der Waals surface area contributed by atoms with Crippen molar-refractivity contribution >= 4 is 11.6 Å². The van der Waals surface area contributed by atoms with Gasteiger partial charge >= 0.3 is 0 Å². The van der Waals surface area contributed by atoms with Gasteiger partial charge in [-0.15, -0.1) is 10.2 Å². The van der Waals surface area contributed by atoms with Crippen LogP contribution in [0.25, 0.3) is 0 Å². The number of hydrogen-bond acceptors (Lipinski definition) is 4. The number of aromatic amines is 1. The number of para-hydroxylation sites is 1. The summed E-state index contributed by atoms with van der Waals surface area (Å²) in [5.41, 5.74) is 4.03. The maximum atomic E-state index is 12.8. The predicted molar refractivity (Wildman–Crippen MR) is 91.6 cm³/mol. The van der Waals surface area contributed by atoms with Gasteiger partial charge in [0.25, 0.3) is 0 Å². The van der Waals surface area contributed by atoms with Gasteiger partial charge in [0.2, 0.25) is 5.91 Å². The van der Waals surface area contributed by atoms with E-state index in [-0.39, 0.29) is 5.91 Å². The van der Waals surface area contributed by atoms with Gasteiger partial charge in [-0.2, -0.15) is 5.21 Å². The van der Waals surface area contributed by atoms with Crippen molar-refractivity contribution in [2.75, 3.05) is 5.32 Å². The fourth-order valence-corrected chi connectivity index (χ4v) is 2.51. The number of amides is 1. The Morgan fingerprint density at radius 1 is 1.12 bits per heavy atom. The van der Waals surface area contributed by atoms with Crippen molar-refractivity contribution in [3.63, 3.8) is 0 Å². The molecule has 6 nitrogen and oxygen atoms in total. The van der Waals surface area contributed by atoms with Crippen LogP contribution in [0.4, 0.5) is 5.69 Å². The largest absolute Gasteiger partial charge is 0.325 e. The second kappa shape index (κ2) is 7.04. The normalized spacial score (nSPS) is 11.9. The summed E-state index contributed by atoms with van der Waals surface area (Å²) in [5, 5.41) is 17.0. The Morgan fingerprint density at radius 3 is 2.54 bits per heavy atom. The zero-order chi connectivity index (χ0) is 16.9. The lowest BCUT2D eigenvalue weighted by Gasteiger charge is -2.15. The number of carbonyl (C=O) groups excluding carboxylic acids is 1. The molecule has 0 fully saturated rings. The lowest BCUT2D eigenvalue weighted by Crippen LogP contribution is -2.24. The van der Waals surface area contributed by atoms with Crippen LogP contribution in [0.3, 0.4) is 0 Å². The molecule has 6 heteroatoms. The lowest BCUT2D eigenvalue weighted by atomic mass is 9.97. The van der Waals surface area contributed by atoms with Gasteiger partial charge < -0.3 is 5.32 Å². The molecular weight excluding hydrogens is 302 g/mol. The van der Waals surface area contributed by atoms with Gasteiger partial charge in [-0.1, -0.05) is 53.2 Å². The van der Waals surface area contributed by atoms with Gasteiger partial charge in [-0.05, 0) is 37.5 Å². The fourth-order valence-electron chi connectivity index (χ4n) is 2.51. The molecular formula is C18H19N5O. The minimum absolute atomic E-state index is 0.147. The number of aryl methyl sites for hydroxylation is 2. The van der Waals surface area contributed by atoms with Gasteiger partial charge in [0, 0.05) is 5.69 Å². The van der Waals surface area contributed by atoms with E-state index in [1.807, 2.05) is 62.4 Å². The molecule has 122 valence electrons. The molecule has 1 aromatic heterocycles. The average molecular weight is 321 g/mol. The molecule has 0 radical (unpaired) electrons. The second-order valence-corrected chi connectivity index (χ2v) is 5.82. The van der Waals surface area contributed by atoms with Gasteiger partial charge in [0.1, 0.15) is 5.92 Å². The Morgan fingerprint density at radius 2 is 1.88 bits per heavy atom. The zero-order valence-corrected chi connectivity index (χ0v) is 13.7. The number of tetrazole rings is 1. The highest BCUT2D eigenvalue weighted by molar-refractivity contribution is 5.96. The Bertz CT molecular complexity index is 812. The number of carbonyl (C=O) groups is 1. The number of nitrogens with zero attached hydrogens (tertiary/aromatic N) is 3. The fraction of sp³-hybridized carbons (Fsp3) is 0.222. The van der Waals surface area contributed by atoms with Crippen LogP contribution in [-0.2, 0) is 11.2 Å². The first-order valence-electron chi connectivity index (χ1n) is 7.79. The Labute approximate surface area is 140 Å². The van der Waals surface area contributed by atoms with Gasteiger partial charge in [-0.3, -0.25) is 4.79 Å². The Balaban J connectivity index is 1.83. The first-order valence-corrected chi connectivity index (χ1v) is 7.79. The highest BCUT2D eigenvalue weighted by Gasteiger charge is 2.25. The monoisotopic (exact) mass is 321 g/mol. The van der Waals surface area contributed by atoms with Crippen LogP contribution in [0.1, 0.15) is 28.4 Å². The first-order chi connectivity index (χ1) is 11.6. The number of anilines is 1. The van der Waals surface area contributed by atoms with Crippen LogP contribution in [0.5, 0.6) is 0 Å². The van der Waals surface area contributed by atoms with Crippen LogP contribution < -0.4 is 5.32 Å². The summed E-state index contributed by atoms with van der Waals surface area (Å²) in [6.07, 6.45) is 0.511. The van der Waals surface area contributed by atoms with E-state index in [2.05, 4.69) is 25.9 Å². The Hall–Kier alpha value is -3.02. The number of nitrogens with one attached hydrogen (secondary N) is 2. The molecule has 0 spiro atoms. The van der Waals surface area contributed by atoms with Crippen molar-refractivity contribution in [1.29, 1.82) is 0 Å². The lowest BCUT2D eigenvalue weighted by molar-refractivity contribution is -0.117. The summed E-state index contributed by atoms with van der Waals surface area (Å²) >= 11 is 0. The van der Waals surface area contributed by atoms with Crippen molar-refractivity contribution < 1.29 is 4.79 Å². The Kier molecular flexibility index (Phi) is 4.65. The average Bonchev–Trinajstić information content (AvgIpc) is 3.10. The number of aromatic nitrogens is 4. The van der Waals surface area contributed by atoms with E-state index in [4.69, 9.17) is 0 Å².